The summed E-state index contributed by atoms with van der Waals surface area (Å²) >= 11 is 0. The molecule has 1 fully saturated rings. The van der Waals surface area contributed by atoms with Crippen LogP contribution in [0.15, 0.2) is 48.5 Å². The van der Waals surface area contributed by atoms with Crippen LogP contribution in [-0.2, 0) is 4.79 Å². The Morgan fingerprint density at radius 2 is 1.60 bits per heavy atom. The predicted molar refractivity (Wildman–Crippen MR) is 105 cm³/mol. The van der Waals surface area contributed by atoms with Gasteiger partial charge in [0.15, 0.2) is 0 Å². The average Bonchev–Trinajstić information content (AvgIpc) is 2.99. The number of nitrogens with one attached hydrogen (secondary N) is 1. The molecule has 0 spiro atoms. The molecule has 0 aromatic heterocycles. The van der Waals surface area contributed by atoms with Crippen molar-refractivity contribution in [2.75, 3.05) is 19.6 Å². The molecule has 2 aromatic carbocycles. The van der Waals surface area contributed by atoms with E-state index in [1.807, 2.05) is 0 Å². The molecule has 1 N–H and O–H groups in total. The zero-order valence-electron chi connectivity index (χ0n) is 16.1. The van der Waals surface area contributed by atoms with Gasteiger partial charge in [-0.05, 0) is 43.2 Å². The van der Waals surface area contributed by atoms with Crippen molar-refractivity contribution < 1.29 is 23.6 Å². The van der Waals surface area contributed by atoms with Crippen molar-refractivity contribution in [3.63, 3.8) is 0 Å². The number of amides is 4. The van der Waals surface area contributed by atoms with Gasteiger partial charge in [-0.3, -0.25) is 24.1 Å². The van der Waals surface area contributed by atoms with Crippen LogP contribution in [0.4, 0.5) is 4.39 Å². The minimum atomic E-state index is -0.471. The fourth-order valence-corrected chi connectivity index (χ4v) is 3.83. The first-order valence-electron chi connectivity index (χ1n) is 9.73. The fourth-order valence-electron chi connectivity index (χ4n) is 3.83. The van der Waals surface area contributed by atoms with Crippen LogP contribution in [0.3, 0.4) is 0 Å². The normalized spacial score (nSPS) is 16.6. The maximum absolute atomic E-state index is 13.3. The Morgan fingerprint density at radius 3 is 2.20 bits per heavy atom. The number of likely N-dealkylation sites (tertiary alicyclic amines) is 1. The quantitative estimate of drug-likeness (QED) is 0.781. The Kier molecular flexibility index (Phi) is 5.31. The smallest absolute Gasteiger partial charge is 0.262 e. The predicted octanol–water partition coefficient (Wildman–Crippen LogP) is 1.84. The Balaban J connectivity index is 1.29. The van der Waals surface area contributed by atoms with E-state index in [0.29, 0.717) is 42.6 Å². The minimum absolute atomic E-state index is 0.163. The first-order valence-corrected chi connectivity index (χ1v) is 9.73. The summed E-state index contributed by atoms with van der Waals surface area (Å²) < 4.78 is 13.3. The summed E-state index contributed by atoms with van der Waals surface area (Å²) in [6.45, 7) is 0.509. The number of fused-ring (bicyclic) bond motifs is 1. The molecule has 154 valence electrons. The zero-order chi connectivity index (χ0) is 21.3. The van der Waals surface area contributed by atoms with Crippen LogP contribution in [0, 0.1) is 5.82 Å². The second kappa shape index (κ2) is 8.06. The van der Waals surface area contributed by atoms with Crippen molar-refractivity contribution in [1.82, 2.24) is 15.1 Å². The van der Waals surface area contributed by atoms with E-state index in [9.17, 15) is 23.6 Å². The lowest BCUT2D eigenvalue weighted by molar-refractivity contribution is -0.122. The first-order chi connectivity index (χ1) is 14.4. The number of carbonyl (C=O) groups excluding carboxylic acids is 4. The van der Waals surface area contributed by atoms with Crippen molar-refractivity contribution >= 4 is 23.6 Å². The van der Waals surface area contributed by atoms with E-state index in [1.165, 1.54) is 18.2 Å². The molecule has 2 aliphatic heterocycles. The molecule has 4 amide bonds. The molecule has 0 aliphatic carbocycles. The number of nitrogens with zero attached hydrogens (tertiary/aromatic N) is 2. The number of carbonyl (C=O) groups is 4. The number of rotatable bonds is 4. The van der Waals surface area contributed by atoms with E-state index in [-0.39, 0.29) is 18.5 Å². The number of hydrogen-bond donors (Lipinski definition) is 1. The van der Waals surface area contributed by atoms with Gasteiger partial charge in [0.25, 0.3) is 17.7 Å². The molecule has 0 saturated carbocycles. The van der Waals surface area contributed by atoms with E-state index in [0.717, 1.165) is 4.90 Å². The van der Waals surface area contributed by atoms with Crippen molar-refractivity contribution in [3.8, 4) is 0 Å². The largest absolute Gasteiger partial charge is 0.352 e. The van der Waals surface area contributed by atoms with Crippen molar-refractivity contribution in [1.29, 1.82) is 0 Å². The monoisotopic (exact) mass is 409 g/mol. The van der Waals surface area contributed by atoms with E-state index >= 15 is 0 Å². The highest BCUT2D eigenvalue weighted by molar-refractivity contribution is 6.22. The molecule has 2 aliphatic rings. The molecule has 1 saturated heterocycles. The van der Waals surface area contributed by atoms with Crippen LogP contribution in [0.25, 0.3) is 0 Å². The van der Waals surface area contributed by atoms with Gasteiger partial charge in [-0.2, -0.15) is 0 Å². The number of imide groups is 1. The Hall–Kier alpha value is -3.55. The van der Waals surface area contributed by atoms with Crippen molar-refractivity contribution in [2.24, 2.45) is 0 Å². The van der Waals surface area contributed by atoms with Crippen LogP contribution >= 0.6 is 0 Å². The summed E-state index contributed by atoms with van der Waals surface area (Å²) in [6.07, 6.45) is 1.07. The molecule has 30 heavy (non-hydrogen) atoms. The number of piperidine rings is 1. The van der Waals surface area contributed by atoms with E-state index in [4.69, 9.17) is 0 Å². The van der Waals surface area contributed by atoms with Crippen LogP contribution in [0.5, 0.6) is 0 Å². The van der Waals surface area contributed by atoms with E-state index in [2.05, 4.69) is 5.32 Å². The average molecular weight is 409 g/mol. The maximum atomic E-state index is 13.3. The molecule has 2 aromatic rings. The highest BCUT2D eigenvalue weighted by Gasteiger charge is 2.36. The van der Waals surface area contributed by atoms with Crippen LogP contribution < -0.4 is 5.32 Å². The lowest BCUT2D eigenvalue weighted by Crippen LogP contribution is -2.49. The summed E-state index contributed by atoms with van der Waals surface area (Å²) in [5, 5.41) is 2.84. The van der Waals surface area contributed by atoms with E-state index in [1.54, 1.807) is 35.2 Å². The van der Waals surface area contributed by atoms with Crippen LogP contribution in [-0.4, -0.2) is 59.1 Å². The number of hydrogen-bond acceptors (Lipinski definition) is 4. The Morgan fingerprint density at radius 1 is 0.967 bits per heavy atom. The van der Waals surface area contributed by atoms with Gasteiger partial charge >= 0.3 is 0 Å². The summed E-state index contributed by atoms with van der Waals surface area (Å²) in [7, 11) is 0. The van der Waals surface area contributed by atoms with Gasteiger partial charge in [0.2, 0.25) is 5.91 Å². The van der Waals surface area contributed by atoms with Gasteiger partial charge < -0.3 is 10.2 Å². The van der Waals surface area contributed by atoms with Crippen molar-refractivity contribution in [2.45, 2.75) is 18.9 Å². The molecular formula is C22H20FN3O4. The first kappa shape index (κ1) is 19.8. The third-order valence-corrected chi connectivity index (χ3v) is 5.40. The standard InChI is InChI=1S/C22H20FN3O4/c23-15-5-3-4-14(12-15)20(28)25-10-8-16(9-11-25)24-19(27)13-26-21(29)17-6-1-2-7-18(17)22(26)30/h1-7,12,16H,8-11,13H2,(H,24,27). The second-order valence-electron chi connectivity index (χ2n) is 7.39. The Bertz CT molecular complexity index is 996. The molecule has 0 unspecified atom stereocenters. The number of benzene rings is 2. The summed E-state index contributed by atoms with van der Waals surface area (Å²) in [6, 6.07) is 11.9. The van der Waals surface area contributed by atoms with Gasteiger partial charge in [-0.25, -0.2) is 4.39 Å². The molecule has 8 heteroatoms. The molecule has 4 rings (SSSR count). The zero-order valence-corrected chi connectivity index (χ0v) is 16.1. The molecule has 0 radical (unpaired) electrons. The fraction of sp³-hybridized carbons (Fsp3) is 0.273. The summed E-state index contributed by atoms with van der Waals surface area (Å²) in [5.41, 5.74) is 0.905. The molecular weight excluding hydrogens is 389 g/mol. The van der Waals surface area contributed by atoms with Gasteiger partial charge in [0.05, 0.1) is 11.1 Å². The highest BCUT2D eigenvalue weighted by atomic mass is 19.1. The van der Waals surface area contributed by atoms with Crippen LogP contribution in [0.1, 0.15) is 43.9 Å². The molecule has 0 atom stereocenters. The summed E-state index contributed by atoms with van der Waals surface area (Å²) in [5.74, 6) is -2.07. The number of halogens is 1. The molecule has 2 heterocycles. The van der Waals surface area contributed by atoms with Crippen LogP contribution in [0.2, 0.25) is 0 Å². The molecule has 7 nitrogen and oxygen atoms in total. The SMILES string of the molecule is O=C(CN1C(=O)c2ccccc2C1=O)NC1CCN(C(=O)c2cccc(F)c2)CC1. The van der Waals surface area contributed by atoms with Gasteiger partial charge in [-0.1, -0.05) is 18.2 Å². The lowest BCUT2D eigenvalue weighted by atomic mass is 10.0. The lowest BCUT2D eigenvalue weighted by Gasteiger charge is -2.32. The topological polar surface area (TPSA) is 86.8 Å². The van der Waals surface area contributed by atoms with E-state index < -0.39 is 23.5 Å². The third-order valence-electron chi connectivity index (χ3n) is 5.40. The highest BCUT2D eigenvalue weighted by Crippen LogP contribution is 2.22. The minimum Gasteiger partial charge on any atom is -0.352 e. The Labute approximate surface area is 172 Å². The van der Waals surface area contributed by atoms with Gasteiger partial charge in [0, 0.05) is 24.7 Å². The maximum Gasteiger partial charge on any atom is 0.262 e. The second-order valence-corrected chi connectivity index (χ2v) is 7.39. The van der Waals surface area contributed by atoms with Gasteiger partial charge in [-0.15, -0.1) is 0 Å². The van der Waals surface area contributed by atoms with Gasteiger partial charge in [0.1, 0.15) is 12.4 Å². The molecule has 0 bridgehead atoms. The third kappa shape index (κ3) is 3.80. The summed E-state index contributed by atoms with van der Waals surface area (Å²) in [4.78, 5) is 52.2. The van der Waals surface area contributed by atoms with Crippen molar-refractivity contribution in [3.05, 3.63) is 71.0 Å².